The van der Waals surface area contributed by atoms with Crippen LogP contribution in [0, 0.1) is 28.6 Å². The highest BCUT2D eigenvalue weighted by molar-refractivity contribution is 5.77. The zero-order chi connectivity index (χ0) is 19.7. The molecule has 2 heterocycles. The second-order valence-corrected chi connectivity index (χ2v) is 7.29. The lowest BCUT2D eigenvalue weighted by Crippen LogP contribution is -2.16. The number of hydrogen-bond acceptors (Lipinski definition) is 5. The number of aromatic nitrogens is 5. The van der Waals surface area contributed by atoms with Gasteiger partial charge in [-0.15, -0.1) is 0 Å². The highest BCUT2D eigenvalue weighted by atomic mass is 15.5. The van der Waals surface area contributed by atoms with Crippen molar-refractivity contribution in [1.82, 2.24) is 25.0 Å². The Kier molecular flexibility index (Phi) is 4.50. The average Bonchev–Trinajstić information content (AvgIpc) is 3.30. The van der Waals surface area contributed by atoms with Gasteiger partial charge in [0.2, 0.25) is 0 Å². The van der Waals surface area contributed by atoms with Crippen LogP contribution in [0.25, 0.3) is 22.1 Å². The fraction of sp³-hybridized carbons (Fsp3) is 0.286. The molecule has 1 unspecified atom stereocenters. The summed E-state index contributed by atoms with van der Waals surface area (Å²) >= 11 is 0. The molecular formula is C21H19N7. The Morgan fingerprint density at radius 3 is 2.32 bits per heavy atom. The fourth-order valence-electron chi connectivity index (χ4n) is 3.25. The maximum Gasteiger partial charge on any atom is 0.134 e. The highest BCUT2D eigenvalue weighted by Crippen LogP contribution is 2.26. The lowest BCUT2D eigenvalue weighted by atomic mass is 10.0. The third-order valence-electron chi connectivity index (χ3n) is 4.77. The molecule has 0 aliphatic rings. The number of aromatic amines is 1. The van der Waals surface area contributed by atoms with Crippen LogP contribution in [-0.2, 0) is 0 Å². The summed E-state index contributed by atoms with van der Waals surface area (Å²) in [6.07, 6.45) is 1.82. The van der Waals surface area contributed by atoms with Gasteiger partial charge >= 0.3 is 0 Å². The van der Waals surface area contributed by atoms with E-state index < -0.39 is 0 Å². The van der Waals surface area contributed by atoms with Crippen molar-refractivity contribution in [1.29, 1.82) is 10.5 Å². The molecule has 0 aliphatic heterocycles. The quantitative estimate of drug-likeness (QED) is 0.570. The maximum absolute atomic E-state index is 9.13. The van der Waals surface area contributed by atoms with E-state index in [9.17, 15) is 0 Å². The molecule has 0 saturated carbocycles. The van der Waals surface area contributed by atoms with Crippen molar-refractivity contribution in [2.24, 2.45) is 5.92 Å². The summed E-state index contributed by atoms with van der Waals surface area (Å²) in [5, 5.41) is 27.5. The molecule has 0 amide bonds. The molecule has 4 aromatic rings. The molecule has 7 heteroatoms. The molecule has 2 aromatic heterocycles. The summed E-state index contributed by atoms with van der Waals surface area (Å²) in [6.45, 7) is 4.36. The summed E-state index contributed by atoms with van der Waals surface area (Å²) < 4.78 is 0. The number of nitrogens with zero attached hydrogens (tertiary/aromatic N) is 6. The number of fused-ring (bicyclic) bond motifs is 2. The topological polar surface area (TPSA) is 107 Å². The normalized spacial score (nSPS) is 12.3. The van der Waals surface area contributed by atoms with Gasteiger partial charge in [-0.1, -0.05) is 13.8 Å². The van der Waals surface area contributed by atoms with Crippen molar-refractivity contribution < 1.29 is 0 Å². The van der Waals surface area contributed by atoms with Gasteiger partial charge in [0.15, 0.2) is 0 Å². The number of H-pyrrole nitrogens is 1. The van der Waals surface area contributed by atoms with Crippen molar-refractivity contribution in [2.45, 2.75) is 32.7 Å². The molecule has 7 nitrogen and oxygen atoms in total. The fourth-order valence-corrected chi connectivity index (χ4v) is 3.25. The van der Waals surface area contributed by atoms with E-state index in [0.717, 1.165) is 35.2 Å². The molecule has 0 bridgehead atoms. The van der Waals surface area contributed by atoms with Crippen LogP contribution in [0.15, 0.2) is 36.4 Å². The maximum atomic E-state index is 9.13. The van der Waals surface area contributed by atoms with Crippen LogP contribution in [0.3, 0.4) is 0 Å². The van der Waals surface area contributed by atoms with Gasteiger partial charge in [-0.2, -0.15) is 25.5 Å². The first-order valence-electron chi connectivity index (χ1n) is 9.24. The summed E-state index contributed by atoms with van der Waals surface area (Å²) in [5.41, 5.74) is 4.23. The van der Waals surface area contributed by atoms with Crippen LogP contribution in [0.4, 0.5) is 0 Å². The van der Waals surface area contributed by atoms with Crippen LogP contribution in [0.2, 0.25) is 0 Å². The smallest absolute Gasteiger partial charge is 0.134 e. The van der Waals surface area contributed by atoms with Crippen molar-refractivity contribution in [3.05, 3.63) is 53.3 Å². The van der Waals surface area contributed by atoms with Crippen molar-refractivity contribution in [3.63, 3.8) is 0 Å². The van der Waals surface area contributed by atoms with Crippen LogP contribution >= 0.6 is 0 Å². The minimum Gasteiger partial charge on any atom is -0.340 e. The second-order valence-electron chi connectivity index (χ2n) is 7.29. The molecule has 0 radical (unpaired) electrons. The van der Waals surface area contributed by atoms with Crippen molar-refractivity contribution >= 4 is 22.1 Å². The first kappa shape index (κ1) is 17.7. The minimum absolute atomic E-state index is 0.154. The first-order valence-corrected chi connectivity index (χ1v) is 9.24. The lowest BCUT2D eigenvalue weighted by molar-refractivity contribution is 0.389. The minimum atomic E-state index is -0.154. The molecule has 2 aromatic carbocycles. The van der Waals surface area contributed by atoms with Gasteiger partial charge in [0.05, 0.1) is 34.3 Å². The molecule has 0 aliphatic carbocycles. The van der Waals surface area contributed by atoms with Crippen LogP contribution in [0.1, 0.15) is 49.7 Å². The van der Waals surface area contributed by atoms with Gasteiger partial charge < -0.3 is 4.98 Å². The first-order chi connectivity index (χ1) is 13.6. The van der Waals surface area contributed by atoms with E-state index in [2.05, 4.69) is 41.2 Å². The Hall–Kier alpha value is -3.71. The molecule has 138 valence electrons. The largest absolute Gasteiger partial charge is 0.340 e. The monoisotopic (exact) mass is 369 g/mol. The number of benzene rings is 2. The zero-order valence-electron chi connectivity index (χ0n) is 15.7. The number of imidazole rings is 1. The second kappa shape index (κ2) is 7.13. The van der Waals surface area contributed by atoms with Gasteiger partial charge in [-0.25, -0.2) is 4.98 Å². The molecule has 1 N–H and O–H groups in total. The Morgan fingerprint density at radius 1 is 0.929 bits per heavy atom. The summed E-state index contributed by atoms with van der Waals surface area (Å²) in [6, 6.07) is 14.9. The Labute approximate surface area is 162 Å². The molecule has 1 atom stereocenters. The summed E-state index contributed by atoms with van der Waals surface area (Å²) in [4.78, 5) is 9.76. The Morgan fingerprint density at radius 2 is 1.61 bits per heavy atom. The molecule has 0 fully saturated rings. The van der Waals surface area contributed by atoms with Crippen LogP contribution in [0.5, 0.6) is 0 Å². The third-order valence-corrected chi connectivity index (χ3v) is 4.77. The molecular weight excluding hydrogens is 350 g/mol. The van der Waals surface area contributed by atoms with Crippen LogP contribution in [-0.4, -0.2) is 25.0 Å². The summed E-state index contributed by atoms with van der Waals surface area (Å²) in [5.74, 6) is 1.30. The zero-order valence-corrected chi connectivity index (χ0v) is 15.7. The van der Waals surface area contributed by atoms with Crippen molar-refractivity contribution in [3.8, 4) is 12.1 Å². The van der Waals surface area contributed by atoms with Gasteiger partial charge in [-0.3, -0.25) is 0 Å². The standard InChI is InChI=1S/C21H19N7/c1-13(2)3-8-20(21-24-16-6-4-14(11-22)9-18(16)25-21)28-26-17-7-5-15(12-23)10-19(17)27-28/h4-7,9-10,13,20H,3,8H2,1-2H3,(H,24,25). The van der Waals surface area contributed by atoms with E-state index in [1.54, 1.807) is 29.1 Å². The molecule has 0 spiro atoms. The third kappa shape index (κ3) is 3.30. The predicted molar refractivity (Wildman–Crippen MR) is 105 cm³/mol. The molecule has 28 heavy (non-hydrogen) atoms. The van der Waals surface area contributed by atoms with E-state index >= 15 is 0 Å². The van der Waals surface area contributed by atoms with Gasteiger partial charge in [0, 0.05) is 0 Å². The van der Waals surface area contributed by atoms with E-state index in [-0.39, 0.29) is 6.04 Å². The number of rotatable bonds is 5. The molecule has 0 saturated heterocycles. The van der Waals surface area contributed by atoms with E-state index in [1.807, 2.05) is 12.1 Å². The van der Waals surface area contributed by atoms with E-state index in [1.165, 1.54) is 0 Å². The van der Waals surface area contributed by atoms with Gasteiger partial charge in [-0.05, 0) is 55.2 Å². The number of nitriles is 2. The molecule has 4 rings (SSSR count). The Balaban J connectivity index is 1.79. The summed E-state index contributed by atoms with van der Waals surface area (Å²) in [7, 11) is 0. The van der Waals surface area contributed by atoms with Gasteiger partial charge in [0.1, 0.15) is 22.9 Å². The number of nitrogens with one attached hydrogen (secondary N) is 1. The van der Waals surface area contributed by atoms with E-state index in [0.29, 0.717) is 22.6 Å². The number of hydrogen-bond donors (Lipinski definition) is 1. The Bertz CT molecular complexity index is 1140. The van der Waals surface area contributed by atoms with Gasteiger partial charge in [0.25, 0.3) is 0 Å². The highest BCUT2D eigenvalue weighted by Gasteiger charge is 2.21. The lowest BCUT2D eigenvalue weighted by Gasteiger charge is -2.15. The predicted octanol–water partition coefficient (Wildman–Crippen LogP) is 4.08. The van der Waals surface area contributed by atoms with E-state index in [4.69, 9.17) is 15.5 Å². The average molecular weight is 369 g/mol. The van der Waals surface area contributed by atoms with Crippen molar-refractivity contribution in [2.75, 3.05) is 0 Å². The SMILES string of the molecule is CC(C)CCC(c1nc2ccc(C#N)cc2[nH]1)n1nc2ccc(C#N)cc2n1. The van der Waals surface area contributed by atoms with Crippen LogP contribution < -0.4 is 0 Å².